The number of carbonyl (C=O) groups is 1. The molecule has 0 spiro atoms. The Kier molecular flexibility index (Phi) is 5.60. The minimum atomic E-state index is -0.248. The van der Waals surface area contributed by atoms with Crippen molar-refractivity contribution in [2.24, 2.45) is 0 Å². The van der Waals surface area contributed by atoms with E-state index in [0.29, 0.717) is 26.3 Å². The molecule has 0 saturated carbocycles. The van der Waals surface area contributed by atoms with E-state index in [2.05, 4.69) is 14.9 Å². The van der Waals surface area contributed by atoms with Crippen LogP contribution in [0.4, 0.5) is 4.79 Å². The number of amides is 1. The number of morpholine rings is 1. The topological polar surface area (TPSA) is 67.8 Å². The smallest absolute Gasteiger partial charge is 0.410 e. The Morgan fingerprint density at radius 2 is 1.93 bits per heavy atom. The lowest BCUT2D eigenvalue weighted by Crippen LogP contribution is -2.61. The molecule has 0 N–H and O–H groups in total. The van der Waals surface area contributed by atoms with E-state index < -0.39 is 0 Å². The van der Waals surface area contributed by atoms with Crippen molar-refractivity contribution >= 4 is 6.09 Å². The highest BCUT2D eigenvalue weighted by molar-refractivity contribution is 5.67. The number of hydrogen-bond acceptors (Lipinski definition) is 6. The second-order valence-electron chi connectivity index (χ2n) is 7.04. The number of hydrogen-bond donors (Lipinski definition) is 0. The predicted octanol–water partition coefficient (Wildman–Crippen LogP) is 1.74. The molecule has 0 radical (unpaired) electrons. The van der Waals surface area contributed by atoms with E-state index in [1.165, 1.54) is 6.33 Å². The Morgan fingerprint density at radius 1 is 1.11 bits per heavy atom. The van der Waals surface area contributed by atoms with Crippen LogP contribution in [0.15, 0.2) is 49.1 Å². The summed E-state index contributed by atoms with van der Waals surface area (Å²) in [5.41, 5.74) is 2.09. The van der Waals surface area contributed by atoms with E-state index in [9.17, 15) is 4.79 Å². The Balaban J connectivity index is 1.25. The van der Waals surface area contributed by atoms with E-state index in [1.54, 1.807) is 4.90 Å². The first-order valence-electron chi connectivity index (χ1n) is 9.33. The fourth-order valence-electron chi connectivity index (χ4n) is 3.65. The summed E-state index contributed by atoms with van der Waals surface area (Å²) in [5.74, 6) is 0. The molecule has 27 heavy (non-hydrogen) atoms. The van der Waals surface area contributed by atoms with Gasteiger partial charge in [-0.25, -0.2) is 14.8 Å². The third-order valence-electron chi connectivity index (χ3n) is 5.11. The molecule has 1 aromatic carbocycles. The van der Waals surface area contributed by atoms with Crippen LogP contribution < -0.4 is 0 Å². The number of ether oxygens (including phenoxy) is 2. The van der Waals surface area contributed by atoms with Gasteiger partial charge in [0.05, 0.1) is 18.8 Å². The summed E-state index contributed by atoms with van der Waals surface area (Å²) in [6.07, 6.45) is 5.92. The second-order valence-corrected chi connectivity index (χ2v) is 7.04. The molecule has 2 aliphatic rings. The van der Waals surface area contributed by atoms with Crippen LogP contribution in [0.25, 0.3) is 0 Å². The molecule has 2 aliphatic heterocycles. The first kappa shape index (κ1) is 17.9. The number of benzene rings is 1. The zero-order valence-corrected chi connectivity index (χ0v) is 15.2. The molecule has 2 unspecified atom stereocenters. The summed E-state index contributed by atoms with van der Waals surface area (Å²) in [6, 6.07) is 9.98. The van der Waals surface area contributed by atoms with Crippen LogP contribution in [-0.4, -0.2) is 70.8 Å². The summed E-state index contributed by atoms with van der Waals surface area (Å²) in [4.78, 5) is 24.7. The molecule has 0 bridgehead atoms. The Labute approximate surface area is 158 Å². The fraction of sp³-hybridized carbons (Fsp3) is 0.450. The van der Waals surface area contributed by atoms with Crippen LogP contribution in [-0.2, 0) is 22.5 Å². The lowest BCUT2D eigenvalue weighted by Gasteiger charge is -2.45. The first-order chi connectivity index (χ1) is 13.3. The summed E-state index contributed by atoms with van der Waals surface area (Å²) in [6.45, 7) is 3.98. The van der Waals surface area contributed by atoms with Crippen LogP contribution >= 0.6 is 0 Å². The van der Waals surface area contributed by atoms with Crippen LogP contribution in [0.3, 0.4) is 0 Å². The van der Waals surface area contributed by atoms with Gasteiger partial charge in [0.1, 0.15) is 12.9 Å². The normalized spacial score (nSPS) is 22.9. The molecule has 2 atom stereocenters. The number of carbonyl (C=O) groups excluding carboxylic acids is 1. The SMILES string of the molecule is O=C(OCc1ccccc1)N1CCN2CC(Cc3cncnc3)OCC2C1. The van der Waals surface area contributed by atoms with Gasteiger partial charge in [-0.05, 0) is 11.1 Å². The van der Waals surface area contributed by atoms with Gasteiger partial charge in [-0.2, -0.15) is 0 Å². The number of aromatic nitrogens is 2. The van der Waals surface area contributed by atoms with Crippen molar-refractivity contribution < 1.29 is 14.3 Å². The van der Waals surface area contributed by atoms with Gasteiger partial charge >= 0.3 is 6.09 Å². The van der Waals surface area contributed by atoms with Crippen molar-refractivity contribution in [3.63, 3.8) is 0 Å². The molecule has 1 aromatic heterocycles. The zero-order valence-electron chi connectivity index (χ0n) is 15.2. The maximum absolute atomic E-state index is 12.4. The van der Waals surface area contributed by atoms with Crippen LogP contribution in [0.5, 0.6) is 0 Å². The van der Waals surface area contributed by atoms with Crippen molar-refractivity contribution in [1.82, 2.24) is 19.8 Å². The standard InChI is InChI=1S/C20H24N4O3/c25-20(27-13-16-4-2-1-3-5-16)24-7-6-23-12-19(26-14-18(23)11-24)8-17-9-21-15-22-10-17/h1-5,9-10,15,18-19H,6-8,11-14H2. The maximum atomic E-state index is 12.4. The first-order valence-corrected chi connectivity index (χ1v) is 9.33. The van der Waals surface area contributed by atoms with Gasteiger partial charge < -0.3 is 14.4 Å². The Bertz CT molecular complexity index is 743. The van der Waals surface area contributed by atoms with Crippen molar-refractivity contribution in [1.29, 1.82) is 0 Å². The molecule has 1 amide bonds. The van der Waals surface area contributed by atoms with Crippen molar-refractivity contribution in [3.05, 3.63) is 60.2 Å². The summed E-state index contributed by atoms with van der Waals surface area (Å²) in [5, 5.41) is 0. The maximum Gasteiger partial charge on any atom is 0.410 e. The number of fused-ring (bicyclic) bond motifs is 1. The van der Waals surface area contributed by atoms with Gasteiger partial charge in [0.2, 0.25) is 0 Å². The van der Waals surface area contributed by atoms with Crippen LogP contribution in [0.1, 0.15) is 11.1 Å². The number of nitrogens with zero attached hydrogens (tertiary/aromatic N) is 4. The molecule has 7 heteroatoms. The number of rotatable bonds is 4. The summed E-state index contributed by atoms with van der Waals surface area (Å²) in [7, 11) is 0. The minimum absolute atomic E-state index is 0.142. The molecule has 2 fully saturated rings. The molecule has 7 nitrogen and oxygen atoms in total. The van der Waals surface area contributed by atoms with E-state index in [-0.39, 0.29) is 18.2 Å². The van der Waals surface area contributed by atoms with Gasteiger partial charge in [0, 0.05) is 45.0 Å². The third kappa shape index (κ3) is 4.61. The van der Waals surface area contributed by atoms with E-state index in [0.717, 1.165) is 30.6 Å². The van der Waals surface area contributed by atoms with Gasteiger partial charge in [-0.15, -0.1) is 0 Å². The highest BCUT2D eigenvalue weighted by Gasteiger charge is 2.35. The van der Waals surface area contributed by atoms with Crippen LogP contribution in [0, 0.1) is 0 Å². The molecule has 2 aromatic rings. The van der Waals surface area contributed by atoms with Crippen molar-refractivity contribution in [2.45, 2.75) is 25.2 Å². The summed E-state index contributed by atoms with van der Waals surface area (Å²) < 4.78 is 11.5. The molecule has 2 saturated heterocycles. The third-order valence-corrected chi connectivity index (χ3v) is 5.11. The quantitative estimate of drug-likeness (QED) is 0.819. The predicted molar refractivity (Wildman–Crippen MR) is 99.0 cm³/mol. The molecular weight excluding hydrogens is 344 g/mol. The average Bonchev–Trinajstić information content (AvgIpc) is 2.73. The average molecular weight is 368 g/mol. The van der Waals surface area contributed by atoms with Gasteiger partial charge in [0.25, 0.3) is 0 Å². The highest BCUT2D eigenvalue weighted by atomic mass is 16.6. The van der Waals surface area contributed by atoms with Gasteiger partial charge in [-0.3, -0.25) is 4.90 Å². The van der Waals surface area contributed by atoms with E-state index in [1.807, 2.05) is 42.7 Å². The lowest BCUT2D eigenvalue weighted by atomic mass is 10.1. The second kappa shape index (κ2) is 8.45. The van der Waals surface area contributed by atoms with Crippen LogP contribution in [0.2, 0.25) is 0 Å². The van der Waals surface area contributed by atoms with E-state index >= 15 is 0 Å². The lowest BCUT2D eigenvalue weighted by molar-refractivity contribution is -0.0856. The van der Waals surface area contributed by atoms with Crippen molar-refractivity contribution in [2.75, 3.05) is 32.8 Å². The van der Waals surface area contributed by atoms with E-state index in [4.69, 9.17) is 9.47 Å². The Morgan fingerprint density at radius 3 is 2.74 bits per heavy atom. The molecule has 0 aliphatic carbocycles. The molecule has 3 heterocycles. The zero-order chi connectivity index (χ0) is 18.5. The molecule has 142 valence electrons. The highest BCUT2D eigenvalue weighted by Crippen LogP contribution is 2.20. The molecular formula is C20H24N4O3. The fourth-order valence-corrected chi connectivity index (χ4v) is 3.65. The summed E-state index contributed by atoms with van der Waals surface area (Å²) >= 11 is 0. The number of piperazine rings is 1. The Hall–Kier alpha value is -2.51. The monoisotopic (exact) mass is 368 g/mol. The molecule has 4 rings (SSSR count). The largest absolute Gasteiger partial charge is 0.445 e. The van der Waals surface area contributed by atoms with Gasteiger partial charge in [0.15, 0.2) is 0 Å². The minimum Gasteiger partial charge on any atom is -0.445 e. The van der Waals surface area contributed by atoms with Crippen molar-refractivity contribution in [3.8, 4) is 0 Å². The van der Waals surface area contributed by atoms with Gasteiger partial charge in [-0.1, -0.05) is 30.3 Å².